The number of aliphatic hydroxyl groups is 1. The predicted molar refractivity (Wildman–Crippen MR) is 66.2 cm³/mol. The van der Waals surface area contributed by atoms with Crippen LogP contribution in [0, 0.1) is 6.92 Å². The van der Waals surface area contributed by atoms with Crippen molar-refractivity contribution in [3.63, 3.8) is 0 Å². The minimum absolute atomic E-state index is 0.169. The van der Waals surface area contributed by atoms with Crippen LogP contribution in [-0.4, -0.2) is 30.6 Å². The molecule has 0 saturated carbocycles. The molecule has 0 aliphatic carbocycles. The van der Waals surface area contributed by atoms with E-state index in [-0.39, 0.29) is 12.6 Å². The summed E-state index contributed by atoms with van der Waals surface area (Å²) < 4.78 is 0. The van der Waals surface area contributed by atoms with Crippen molar-refractivity contribution in [1.82, 2.24) is 0 Å². The standard InChI is InChI=1S/C11H14ClNOS/c1-7-3-9(12)11-10(4-7)15-6-8(5-14)13(11)2/h3-4,8,14H,5-6H2,1-2H3. The zero-order valence-electron chi connectivity index (χ0n) is 8.83. The summed E-state index contributed by atoms with van der Waals surface area (Å²) >= 11 is 8.00. The largest absolute Gasteiger partial charge is 0.394 e. The average Bonchev–Trinajstić information content (AvgIpc) is 2.17. The van der Waals surface area contributed by atoms with Crippen LogP contribution in [0.2, 0.25) is 5.02 Å². The highest BCUT2D eigenvalue weighted by Gasteiger charge is 2.25. The molecule has 1 heterocycles. The summed E-state index contributed by atoms with van der Waals surface area (Å²) in [5.74, 6) is 0.916. The van der Waals surface area contributed by atoms with Crippen molar-refractivity contribution in [3.8, 4) is 0 Å². The fourth-order valence-corrected chi connectivity index (χ4v) is 3.63. The maximum atomic E-state index is 9.23. The zero-order chi connectivity index (χ0) is 11.0. The second-order valence-electron chi connectivity index (χ2n) is 3.85. The SMILES string of the molecule is Cc1cc(Cl)c2c(c1)SCC(CO)N2C. The highest BCUT2D eigenvalue weighted by Crippen LogP contribution is 2.41. The lowest BCUT2D eigenvalue weighted by Crippen LogP contribution is -2.39. The van der Waals surface area contributed by atoms with E-state index in [1.54, 1.807) is 11.8 Å². The zero-order valence-corrected chi connectivity index (χ0v) is 10.4. The first-order chi connectivity index (χ1) is 7.13. The lowest BCUT2D eigenvalue weighted by atomic mass is 10.2. The van der Waals surface area contributed by atoms with Gasteiger partial charge in [0.1, 0.15) is 0 Å². The summed E-state index contributed by atoms with van der Waals surface area (Å²) in [7, 11) is 1.99. The quantitative estimate of drug-likeness (QED) is 0.820. The molecule has 0 fully saturated rings. The predicted octanol–water partition coefficient (Wildman–Crippen LogP) is 2.55. The van der Waals surface area contributed by atoms with Crippen molar-refractivity contribution in [1.29, 1.82) is 0 Å². The van der Waals surface area contributed by atoms with E-state index in [1.807, 2.05) is 20.0 Å². The maximum Gasteiger partial charge on any atom is 0.0694 e. The Kier molecular flexibility index (Phi) is 3.14. The Morgan fingerprint density at radius 3 is 3.00 bits per heavy atom. The molecule has 1 aromatic rings. The van der Waals surface area contributed by atoms with Gasteiger partial charge >= 0.3 is 0 Å². The monoisotopic (exact) mass is 243 g/mol. The number of aliphatic hydroxyl groups excluding tert-OH is 1. The molecular weight excluding hydrogens is 230 g/mol. The summed E-state index contributed by atoms with van der Waals surface area (Å²) in [5.41, 5.74) is 2.24. The van der Waals surface area contributed by atoms with Gasteiger partial charge in [-0.05, 0) is 24.6 Å². The van der Waals surface area contributed by atoms with Gasteiger partial charge in [-0.15, -0.1) is 11.8 Å². The Bertz CT molecular complexity index is 383. The third-order valence-electron chi connectivity index (χ3n) is 2.72. The molecule has 2 nitrogen and oxygen atoms in total. The van der Waals surface area contributed by atoms with Crippen LogP contribution in [0.3, 0.4) is 0 Å². The molecule has 1 atom stereocenters. The van der Waals surface area contributed by atoms with Gasteiger partial charge in [0.2, 0.25) is 0 Å². The molecule has 0 spiro atoms. The summed E-state index contributed by atoms with van der Waals surface area (Å²) in [6, 6.07) is 4.29. The molecule has 1 unspecified atom stereocenters. The van der Waals surface area contributed by atoms with Gasteiger partial charge in [-0.3, -0.25) is 0 Å². The van der Waals surface area contributed by atoms with Crippen molar-refractivity contribution in [2.24, 2.45) is 0 Å². The Labute approximate surface area is 99.2 Å². The Morgan fingerprint density at radius 1 is 1.60 bits per heavy atom. The van der Waals surface area contributed by atoms with Gasteiger partial charge in [0.15, 0.2) is 0 Å². The van der Waals surface area contributed by atoms with Crippen molar-refractivity contribution < 1.29 is 5.11 Å². The minimum atomic E-state index is 0.169. The van der Waals surface area contributed by atoms with E-state index in [2.05, 4.69) is 11.0 Å². The van der Waals surface area contributed by atoms with E-state index in [0.717, 1.165) is 16.5 Å². The molecule has 82 valence electrons. The smallest absolute Gasteiger partial charge is 0.0694 e. The van der Waals surface area contributed by atoms with E-state index in [1.165, 1.54) is 10.5 Å². The number of likely N-dealkylation sites (N-methyl/N-ethyl adjacent to an activating group) is 1. The molecule has 0 bridgehead atoms. The van der Waals surface area contributed by atoms with Crippen molar-refractivity contribution in [3.05, 3.63) is 22.7 Å². The third kappa shape index (κ3) is 1.96. The Balaban J connectivity index is 2.47. The molecule has 0 saturated heterocycles. The Morgan fingerprint density at radius 2 is 2.33 bits per heavy atom. The molecule has 15 heavy (non-hydrogen) atoms. The molecule has 1 aliphatic rings. The lowest BCUT2D eigenvalue weighted by Gasteiger charge is -2.35. The van der Waals surface area contributed by atoms with Gasteiger partial charge in [-0.2, -0.15) is 0 Å². The Hall–Kier alpha value is -0.380. The first-order valence-corrected chi connectivity index (χ1v) is 6.26. The molecule has 0 aromatic heterocycles. The molecule has 4 heteroatoms. The summed E-state index contributed by atoms with van der Waals surface area (Å²) in [6.07, 6.45) is 0. The van der Waals surface area contributed by atoms with E-state index in [0.29, 0.717) is 0 Å². The normalized spacial score (nSPS) is 20.3. The molecule has 1 aliphatic heterocycles. The van der Waals surface area contributed by atoms with Crippen molar-refractivity contribution in [2.45, 2.75) is 17.9 Å². The van der Waals surface area contributed by atoms with E-state index in [9.17, 15) is 5.11 Å². The number of halogens is 1. The molecule has 0 radical (unpaired) electrons. The minimum Gasteiger partial charge on any atom is -0.394 e. The third-order valence-corrected chi connectivity index (χ3v) is 4.18. The second-order valence-corrected chi connectivity index (χ2v) is 5.32. The number of fused-ring (bicyclic) bond motifs is 1. The number of nitrogens with zero attached hydrogens (tertiary/aromatic N) is 1. The van der Waals surface area contributed by atoms with Crippen molar-refractivity contribution >= 4 is 29.1 Å². The number of rotatable bonds is 1. The van der Waals surface area contributed by atoms with Gasteiger partial charge in [0.25, 0.3) is 0 Å². The van der Waals surface area contributed by atoms with Crippen LogP contribution in [0.1, 0.15) is 5.56 Å². The van der Waals surface area contributed by atoms with Gasteiger partial charge in [0, 0.05) is 17.7 Å². The average molecular weight is 244 g/mol. The van der Waals surface area contributed by atoms with E-state index < -0.39 is 0 Å². The summed E-state index contributed by atoms with van der Waals surface area (Å²) in [4.78, 5) is 3.29. The fraction of sp³-hybridized carbons (Fsp3) is 0.455. The van der Waals surface area contributed by atoms with E-state index in [4.69, 9.17) is 11.6 Å². The van der Waals surface area contributed by atoms with Gasteiger partial charge in [0.05, 0.1) is 23.4 Å². The first kappa shape index (κ1) is 11.1. The molecular formula is C11H14ClNOS. The van der Waals surface area contributed by atoms with Crippen LogP contribution in [0.15, 0.2) is 17.0 Å². The van der Waals surface area contributed by atoms with Gasteiger partial charge in [-0.25, -0.2) is 0 Å². The topological polar surface area (TPSA) is 23.5 Å². The van der Waals surface area contributed by atoms with Crippen LogP contribution >= 0.6 is 23.4 Å². The van der Waals surface area contributed by atoms with Gasteiger partial charge in [-0.1, -0.05) is 11.6 Å². The number of hydrogen-bond donors (Lipinski definition) is 1. The highest BCUT2D eigenvalue weighted by molar-refractivity contribution is 7.99. The van der Waals surface area contributed by atoms with Gasteiger partial charge < -0.3 is 10.0 Å². The maximum absolute atomic E-state index is 9.23. The fourth-order valence-electron chi connectivity index (χ4n) is 1.81. The molecule has 2 rings (SSSR count). The van der Waals surface area contributed by atoms with Crippen LogP contribution in [0.5, 0.6) is 0 Å². The van der Waals surface area contributed by atoms with Crippen LogP contribution < -0.4 is 4.90 Å². The molecule has 1 N–H and O–H groups in total. The molecule has 0 amide bonds. The summed E-state index contributed by atoms with van der Waals surface area (Å²) in [5, 5.41) is 10.0. The summed E-state index contributed by atoms with van der Waals surface area (Å²) in [6.45, 7) is 2.22. The van der Waals surface area contributed by atoms with Crippen LogP contribution in [-0.2, 0) is 0 Å². The first-order valence-electron chi connectivity index (χ1n) is 4.90. The number of benzene rings is 1. The second kappa shape index (κ2) is 4.24. The van der Waals surface area contributed by atoms with Crippen molar-refractivity contribution in [2.75, 3.05) is 24.3 Å². The van der Waals surface area contributed by atoms with E-state index >= 15 is 0 Å². The highest BCUT2D eigenvalue weighted by atomic mass is 35.5. The van der Waals surface area contributed by atoms with Crippen LogP contribution in [0.25, 0.3) is 0 Å². The molecule has 1 aromatic carbocycles. The number of anilines is 1. The van der Waals surface area contributed by atoms with Crippen LogP contribution in [0.4, 0.5) is 5.69 Å². The number of aryl methyl sites for hydroxylation is 1. The number of thioether (sulfide) groups is 1. The number of hydrogen-bond acceptors (Lipinski definition) is 3. The lowest BCUT2D eigenvalue weighted by molar-refractivity contribution is 0.271.